The van der Waals surface area contributed by atoms with Crippen LogP contribution in [0.2, 0.25) is 0 Å². The number of halogens is 1. The molecule has 0 aliphatic carbocycles. The second-order valence-corrected chi connectivity index (χ2v) is 6.25. The normalized spacial score (nSPS) is 19.1. The van der Waals surface area contributed by atoms with Crippen molar-refractivity contribution in [1.29, 1.82) is 0 Å². The maximum absolute atomic E-state index is 13.8. The van der Waals surface area contributed by atoms with Crippen molar-refractivity contribution in [2.24, 2.45) is 0 Å². The Balaban J connectivity index is 1.50. The number of urea groups is 1. The summed E-state index contributed by atoms with van der Waals surface area (Å²) < 4.78 is 24.9. The highest BCUT2D eigenvalue weighted by Crippen LogP contribution is 2.23. The molecule has 0 spiro atoms. The maximum atomic E-state index is 13.8. The maximum Gasteiger partial charge on any atom is 0.329 e. The summed E-state index contributed by atoms with van der Waals surface area (Å²) in [5.74, 6) is 0.155. The molecule has 1 N–H and O–H groups in total. The molecule has 0 atom stereocenters. The number of nitrogens with zero attached hydrogens (tertiary/aromatic N) is 2. The number of morpholine rings is 1. The van der Waals surface area contributed by atoms with Crippen molar-refractivity contribution >= 4 is 23.9 Å². The first-order valence-corrected chi connectivity index (χ1v) is 8.62. The number of carbonyl (C=O) groups excluding carboxylic acids is 2. The van der Waals surface area contributed by atoms with Crippen LogP contribution in [-0.2, 0) is 16.1 Å². The zero-order valence-electron chi connectivity index (χ0n) is 14.5. The standard InChI is InChI=1S/C19H18FN3O4/c20-15-4-2-1-3-13(15)12-23-18(24)16(21-19(23)25)11-14-5-6-17(27-14)22-7-9-26-10-8-22/h1-6,11H,7-10,12H2,(H,21,25)/b16-11-. The first-order valence-electron chi connectivity index (χ1n) is 8.62. The van der Waals surface area contributed by atoms with Crippen molar-refractivity contribution in [2.75, 3.05) is 31.2 Å². The van der Waals surface area contributed by atoms with Crippen LogP contribution >= 0.6 is 0 Å². The molecule has 1 aromatic carbocycles. The first kappa shape index (κ1) is 17.3. The topological polar surface area (TPSA) is 75.0 Å². The highest BCUT2D eigenvalue weighted by Gasteiger charge is 2.34. The van der Waals surface area contributed by atoms with Crippen molar-refractivity contribution in [3.05, 3.63) is 59.2 Å². The fraction of sp³-hybridized carbons (Fsp3) is 0.263. The summed E-state index contributed by atoms with van der Waals surface area (Å²) in [5.41, 5.74) is 0.370. The molecule has 7 nitrogen and oxygen atoms in total. The van der Waals surface area contributed by atoms with Crippen molar-refractivity contribution in [1.82, 2.24) is 10.2 Å². The third-order valence-electron chi connectivity index (χ3n) is 4.47. The molecular formula is C19H18FN3O4. The molecule has 4 rings (SSSR count). The van der Waals surface area contributed by atoms with Crippen LogP contribution in [0.1, 0.15) is 11.3 Å². The van der Waals surface area contributed by atoms with Gasteiger partial charge in [0.2, 0.25) is 0 Å². The number of ether oxygens (including phenoxy) is 1. The number of rotatable bonds is 4. The molecule has 0 saturated carbocycles. The van der Waals surface area contributed by atoms with Crippen LogP contribution in [0, 0.1) is 5.82 Å². The van der Waals surface area contributed by atoms with Gasteiger partial charge in [0.25, 0.3) is 5.91 Å². The summed E-state index contributed by atoms with van der Waals surface area (Å²) in [6.07, 6.45) is 1.48. The lowest BCUT2D eigenvalue weighted by Gasteiger charge is -2.26. The molecule has 3 heterocycles. The van der Waals surface area contributed by atoms with Gasteiger partial charge in [-0.05, 0) is 12.1 Å². The van der Waals surface area contributed by atoms with Crippen LogP contribution in [-0.4, -0.2) is 43.1 Å². The summed E-state index contributed by atoms with van der Waals surface area (Å²) in [6.45, 7) is 2.60. The number of furan rings is 1. The van der Waals surface area contributed by atoms with E-state index in [1.807, 2.05) is 11.0 Å². The predicted molar refractivity (Wildman–Crippen MR) is 95.2 cm³/mol. The quantitative estimate of drug-likeness (QED) is 0.660. The van der Waals surface area contributed by atoms with Crippen molar-refractivity contribution in [2.45, 2.75) is 6.54 Å². The predicted octanol–water partition coefficient (Wildman–Crippen LogP) is 2.35. The van der Waals surface area contributed by atoms with Gasteiger partial charge in [0.15, 0.2) is 5.88 Å². The number of carbonyl (C=O) groups is 2. The number of hydrogen-bond acceptors (Lipinski definition) is 5. The van der Waals surface area contributed by atoms with Crippen molar-refractivity contribution in [3.8, 4) is 0 Å². The number of nitrogens with one attached hydrogen (secondary N) is 1. The van der Waals surface area contributed by atoms with Crippen molar-refractivity contribution < 1.29 is 23.1 Å². The van der Waals surface area contributed by atoms with Gasteiger partial charge in [-0.3, -0.25) is 9.69 Å². The largest absolute Gasteiger partial charge is 0.441 e. The van der Waals surface area contributed by atoms with E-state index < -0.39 is 17.8 Å². The number of amides is 3. The number of benzene rings is 1. The van der Waals surface area contributed by atoms with E-state index >= 15 is 0 Å². The fourth-order valence-corrected chi connectivity index (χ4v) is 3.03. The minimum Gasteiger partial charge on any atom is -0.441 e. The van der Waals surface area contributed by atoms with Gasteiger partial charge in [-0.15, -0.1) is 0 Å². The Kier molecular flexibility index (Phi) is 4.64. The minimum absolute atomic E-state index is 0.0965. The third-order valence-corrected chi connectivity index (χ3v) is 4.47. The summed E-state index contributed by atoms with van der Waals surface area (Å²) >= 11 is 0. The Morgan fingerprint density at radius 3 is 2.67 bits per heavy atom. The Morgan fingerprint density at radius 1 is 1.11 bits per heavy atom. The fourth-order valence-electron chi connectivity index (χ4n) is 3.03. The van der Waals surface area contributed by atoms with Gasteiger partial charge in [-0.25, -0.2) is 9.18 Å². The highest BCUT2D eigenvalue weighted by atomic mass is 19.1. The summed E-state index contributed by atoms with van der Waals surface area (Å²) in [5, 5.41) is 2.51. The molecule has 2 fully saturated rings. The van der Waals surface area contributed by atoms with E-state index in [0.29, 0.717) is 24.9 Å². The molecule has 2 aliphatic rings. The van der Waals surface area contributed by atoms with Crippen LogP contribution in [0.5, 0.6) is 0 Å². The van der Waals surface area contributed by atoms with Crippen LogP contribution in [0.3, 0.4) is 0 Å². The zero-order chi connectivity index (χ0) is 18.8. The summed E-state index contributed by atoms with van der Waals surface area (Å²) in [4.78, 5) is 27.7. The van der Waals surface area contributed by atoms with E-state index in [2.05, 4.69) is 5.32 Å². The Hall–Kier alpha value is -3.13. The molecule has 0 bridgehead atoms. The smallest absolute Gasteiger partial charge is 0.329 e. The van der Waals surface area contributed by atoms with E-state index in [4.69, 9.17) is 9.15 Å². The van der Waals surface area contributed by atoms with E-state index in [0.717, 1.165) is 18.0 Å². The minimum atomic E-state index is -0.588. The molecule has 2 saturated heterocycles. The van der Waals surface area contributed by atoms with Crippen LogP contribution in [0.15, 0.2) is 46.5 Å². The lowest BCUT2D eigenvalue weighted by Crippen LogP contribution is -2.35. The monoisotopic (exact) mass is 371 g/mol. The van der Waals surface area contributed by atoms with Gasteiger partial charge < -0.3 is 19.4 Å². The second-order valence-electron chi connectivity index (χ2n) is 6.25. The molecule has 140 valence electrons. The highest BCUT2D eigenvalue weighted by molar-refractivity contribution is 6.13. The molecule has 2 aliphatic heterocycles. The summed E-state index contributed by atoms with van der Waals surface area (Å²) in [6, 6.07) is 9.00. The van der Waals surface area contributed by atoms with Crippen LogP contribution < -0.4 is 10.2 Å². The Morgan fingerprint density at radius 2 is 1.89 bits per heavy atom. The molecule has 27 heavy (non-hydrogen) atoms. The lowest BCUT2D eigenvalue weighted by atomic mass is 10.2. The average Bonchev–Trinajstić information content (AvgIpc) is 3.25. The van der Waals surface area contributed by atoms with E-state index in [1.54, 1.807) is 24.3 Å². The van der Waals surface area contributed by atoms with Gasteiger partial charge in [0.05, 0.1) is 19.8 Å². The number of imide groups is 1. The van der Waals surface area contributed by atoms with Gasteiger partial charge in [0, 0.05) is 30.8 Å². The Labute approximate surface area is 155 Å². The van der Waals surface area contributed by atoms with E-state index in [-0.39, 0.29) is 17.8 Å². The SMILES string of the molecule is O=C1N/C(=C\c2ccc(N3CCOCC3)o2)C(=O)N1Cc1ccccc1F. The van der Waals surface area contributed by atoms with Gasteiger partial charge in [0.1, 0.15) is 17.3 Å². The Bertz CT molecular complexity index is 902. The number of hydrogen-bond donors (Lipinski definition) is 1. The third kappa shape index (κ3) is 3.56. The van der Waals surface area contributed by atoms with E-state index in [9.17, 15) is 14.0 Å². The summed E-state index contributed by atoms with van der Waals surface area (Å²) in [7, 11) is 0. The molecular weight excluding hydrogens is 353 g/mol. The van der Waals surface area contributed by atoms with Crippen LogP contribution in [0.4, 0.5) is 15.1 Å². The molecule has 8 heteroatoms. The zero-order valence-corrected chi connectivity index (χ0v) is 14.5. The number of anilines is 1. The average molecular weight is 371 g/mol. The molecule has 3 amide bonds. The van der Waals surface area contributed by atoms with E-state index in [1.165, 1.54) is 12.1 Å². The van der Waals surface area contributed by atoms with Gasteiger partial charge >= 0.3 is 6.03 Å². The molecule has 2 aromatic rings. The van der Waals surface area contributed by atoms with Gasteiger partial charge in [-0.1, -0.05) is 18.2 Å². The van der Waals surface area contributed by atoms with Crippen LogP contribution in [0.25, 0.3) is 6.08 Å². The lowest BCUT2D eigenvalue weighted by molar-refractivity contribution is -0.123. The first-order chi connectivity index (χ1) is 13.1. The molecule has 0 unspecified atom stereocenters. The van der Waals surface area contributed by atoms with Gasteiger partial charge in [-0.2, -0.15) is 0 Å². The molecule has 1 aromatic heterocycles. The van der Waals surface area contributed by atoms with Crippen molar-refractivity contribution in [3.63, 3.8) is 0 Å². The molecule has 0 radical (unpaired) electrons. The second kappa shape index (κ2) is 7.24.